The summed E-state index contributed by atoms with van der Waals surface area (Å²) in [4.78, 5) is 0.114. The highest BCUT2D eigenvalue weighted by molar-refractivity contribution is 7.93. The SMILES string of the molecule is Cc1cccc(S(=O)(=O)NC[C@H](c2ccccc2)S(=O)(=O)c2cccs2)c1. The van der Waals surface area contributed by atoms with Crippen LogP contribution in [0, 0.1) is 6.92 Å². The van der Waals surface area contributed by atoms with Gasteiger partial charge in [-0.2, -0.15) is 0 Å². The van der Waals surface area contributed by atoms with Crippen LogP contribution in [0.15, 0.2) is 81.2 Å². The number of benzene rings is 2. The molecule has 1 N–H and O–H groups in total. The van der Waals surface area contributed by atoms with Crippen LogP contribution in [0.4, 0.5) is 0 Å². The number of aryl methyl sites for hydroxylation is 1. The van der Waals surface area contributed by atoms with E-state index in [2.05, 4.69) is 4.72 Å². The zero-order valence-electron chi connectivity index (χ0n) is 14.6. The van der Waals surface area contributed by atoms with Crippen molar-refractivity contribution in [3.63, 3.8) is 0 Å². The van der Waals surface area contributed by atoms with Gasteiger partial charge in [0.25, 0.3) is 0 Å². The monoisotopic (exact) mass is 421 g/mol. The molecule has 0 amide bonds. The van der Waals surface area contributed by atoms with E-state index in [1.54, 1.807) is 66.9 Å². The summed E-state index contributed by atoms with van der Waals surface area (Å²) < 4.78 is 54.1. The number of nitrogens with one attached hydrogen (secondary N) is 1. The maximum Gasteiger partial charge on any atom is 0.240 e. The third kappa shape index (κ3) is 4.47. The first-order chi connectivity index (χ1) is 12.8. The fourth-order valence-electron chi connectivity index (χ4n) is 2.69. The van der Waals surface area contributed by atoms with E-state index in [1.807, 2.05) is 0 Å². The Labute approximate surface area is 163 Å². The van der Waals surface area contributed by atoms with Crippen LogP contribution in [-0.4, -0.2) is 23.4 Å². The van der Waals surface area contributed by atoms with Gasteiger partial charge < -0.3 is 0 Å². The topological polar surface area (TPSA) is 80.3 Å². The van der Waals surface area contributed by atoms with Gasteiger partial charge in [-0.05, 0) is 41.6 Å². The van der Waals surface area contributed by atoms with Crippen LogP contribution in [-0.2, 0) is 19.9 Å². The van der Waals surface area contributed by atoms with E-state index in [1.165, 1.54) is 12.1 Å². The quantitative estimate of drug-likeness (QED) is 0.633. The van der Waals surface area contributed by atoms with Crippen LogP contribution in [0.25, 0.3) is 0 Å². The molecule has 0 saturated carbocycles. The largest absolute Gasteiger partial charge is 0.240 e. The second-order valence-corrected chi connectivity index (χ2v) is 11.1. The van der Waals surface area contributed by atoms with E-state index in [9.17, 15) is 16.8 Å². The molecule has 0 aliphatic carbocycles. The predicted octanol–water partition coefficient (Wildman–Crippen LogP) is 3.55. The maximum atomic E-state index is 13.1. The Morgan fingerprint density at radius 1 is 0.926 bits per heavy atom. The highest BCUT2D eigenvalue weighted by Crippen LogP contribution is 2.31. The van der Waals surface area contributed by atoms with Crippen molar-refractivity contribution in [1.29, 1.82) is 0 Å². The third-order valence-corrected chi connectivity index (χ3v) is 9.03. The van der Waals surface area contributed by atoms with Gasteiger partial charge in [0, 0.05) is 6.54 Å². The van der Waals surface area contributed by atoms with Crippen molar-refractivity contribution in [2.24, 2.45) is 0 Å². The fraction of sp³-hybridized carbons (Fsp3) is 0.158. The lowest BCUT2D eigenvalue weighted by Gasteiger charge is -2.18. The number of rotatable bonds is 7. The molecule has 142 valence electrons. The maximum absolute atomic E-state index is 13.1. The van der Waals surface area contributed by atoms with Gasteiger partial charge in [-0.1, -0.05) is 48.5 Å². The zero-order chi connectivity index (χ0) is 19.5. The summed E-state index contributed by atoms with van der Waals surface area (Å²) in [6, 6.07) is 18.3. The summed E-state index contributed by atoms with van der Waals surface area (Å²) in [5.41, 5.74) is 1.35. The molecule has 0 fully saturated rings. The second kappa shape index (κ2) is 7.93. The van der Waals surface area contributed by atoms with Crippen LogP contribution >= 0.6 is 11.3 Å². The first kappa shape index (κ1) is 19.8. The van der Waals surface area contributed by atoms with Crippen molar-refractivity contribution >= 4 is 31.2 Å². The number of thiophene rings is 1. The van der Waals surface area contributed by atoms with Crippen LogP contribution in [0.3, 0.4) is 0 Å². The van der Waals surface area contributed by atoms with E-state index in [0.29, 0.717) is 5.56 Å². The number of sulfonamides is 1. The molecule has 0 spiro atoms. The lowest BCUT2D eigenvalue weighted by molar-refractivity contribution is 0.569. The predicted molar refractivity (Wildman–Crippen MR) is 107 cm³/mol. The van der Waals surface area contributed by atoms with E-state index in [0.717, 1.165) is 16.9 Å². The second-order valence-electron chi connectivity index (χ2n) is 6.04. The van der Waals surface area contributed by atoms with Crippen LogP contribution in [0.1, 0.15) is 16.4 Å². The Balaban J connectivity index is 1.93. The van der Waals surface area contributed by atoms with Gasteiger partial charge in [0.1, 0.15) is 9.46 Å². The van der Waals surface area contributed by atoms with E-state index in [4.69, 9.17) is 0 Å². The molecular weight excluding hydrogens is 402 g/mol. The van der Waals surface area contributed by atoms with Crippen molar-refractivity contribution in [3.8, 4) is 0 Å². The lowest BCUT2D eigenvalue weighted by atomic mass is 10.1. The number of sulfone groups is 1. The van der Waals surface area contributed by atoms with Crippen molar-refractivity contribution in [3.05, 3.63) is 83.2 Å². The average molecular weight is 422 g/mol. The van der Waals surface area contributed by atoms with Crippen molar-refractivity contribution in [2.45, 2.75) is 21.3 Å². The Morgan fingerprint density at radius 2 is 1.67 bits per heavy atom. The summed E-state index contributed by atoms with van der Waals surface area (Å²) >= 11 is 1.12. The smallest absolute Gasteiger partial charge is 0.222 e. The highest BCUT2D eigenvalue weighted by atomic mass is 32.2. The summed E-state index contributed by atoms with van der Waals surface area (Å²) in [6.07, 6.45) is 0. The Morgan fingerprint density at radius 3 is 2.30 bits per heavy atom. The summed E-state index contributed by atoms with van der Waals surface area (Å²) in [5.74, 6) is 0. The molecule has 2 aromatic carbocycles. The van der Waals surface area contributed by atoms with Crippen LogP contribution < -0.4 is 4.72 Å². The molecule has 0 aliphatic rings. The van der Waals surface area contributed by atoms with Gasteiger partial charge in [0.15, 0.2) is 9.84 Å². The average Bonchev–Trinajstić information content (AvgIpc) is 3.18. The molecule has 1 atom stereocenters. The normalized spacial score (nSPS) is 13.4. The number of hydrogen-bond donors (Lipinski definition) is 1. The molecule has 8 heteroatoms. The van der Waals surface area contributed by atoms with Crippen molar-refractivity contribution in [2.75, 3.05) is 6.54 Å². The van der Waals surface area contributed by atoms with Crippen molar-refractivity contribution < 1.29 is 16.8 Å². The Bertz CT molecular complexity index is 1110. The fourth-order valence-corrected chi connectivity index (χ4v) is 6.82. The summed E-state index contributed by atoms with van der Waals surface area (Å²) in [6.45, 7) is 1.55. The molecular formula is C19H19NO4S3. The highest BCUT2D eigenvalue weighted by Gasteiger charge is 2.31. The first-order valence-electron chi connectivity index (χ1n) is 8.19. The van der Waals surface area contributed by atoms with Crippen LogP contribution in [0.2, 0.25) is 0 Å². The third-order valence-electron chi connectivity index (χ3n) is 4.08. The molecule has 27 heavy (non-hydrogen) atoms. The van der Waals surface area contributed by atoms with Crippen LogP contribution in [0.5, 0.6) is 0 Å². The molecule has 0 radical (unpaired) electrons. The first-order valence-corrected chi connectivity index (χ1v) is 12.1. The van der Waals surface area contributed by atoms with Gasteiger partial charge in [0.2, 0.25) is 10.0 Å². The van der Waals surface area contributed by atoms with Gasteiger partial charge >= 0.3 is 0 Å². The van der Waals surface area contributed by atoms with Gasteiger partial charge in [0.05, 0.1) is 4.90 Å². The minimum absolute atomic E-state index is 0.114. The zero-order valence-corrected chi connectivity index (χ0v) is 17.0. The molecule has 0 unspecified atom stereocenters. The Hall–Kier alpha value is -2.00. The molecule has 0 bridgehead atoms. The van der Waals surface area contributed by atoms with Crippen molar-refractivity contribution in [1.82, 2.24) is 4.72 Å². The standard InChI is InChI=1S/C19H19NO4S3/c1-15-7-5-10-17(13-15)27(23,24)20-14-18(16-8-3-2-4-9-16)26(21,22)19-11-6-12-25-19/h2-13,18,20H,14H2,1H3/t18-/m1/s1. The molecule has 0 aliphatic heterocycles. The molecule has 3 aromatic rings. The Kier molecular flexibility index (Phi) is 5.81. The minimum atomic E-state index is -3.83. The minimum Gasteiger partial charge on any atom is -0.222 e. The van der Waals surface area contributed by atoms with Gasteiger partial charge in [-0.25, -0.2) is 21.6 Å². The van der Waals surface area contributed by atoms with Gasteiger partial charge in [-0.15, -0.1) is 11.3 Å². The molecule has 3 rings (SSSR count). The van der Waals surface area contributed by atoms with E-state index >= 15 is 0 Å². The molecule has 5 nitrogen and oxygen atoms in total. The molecule has 0 saturated heterocycles. The van der Waals surface area contributed by atoms with Gasteiger partial charge in [-0.3, -0.25) is 0 Å². The molecule has 1 aromatic heterocycles. The number of hydrogen-bond acceptors (Lipinski definition) is 5. The van der Waals surface area contributed by atoms with E-state index in [-0.39, 0.29) is 15.6 Å². The lowest BCUT2D eigenvalue weighted by Crippen LogP contribution is -2.31. The summed E-state index contributed by atoms with van der Waals surface area (Å²) in [7, 11) is -7.56. The van der Waals surface area contributed by atoms with E-state index < -0.39 is 25.1 Å². The summed E-state index contributed by atoms with van der Waals surface area (Å²) in [5, 5.41) is 0.670. The molecule has 1 heterocycles.